The molecule has 0 atom stereocenters. The van der Waals surface area contributed by atoms with Crippen LogP contribution in [0, 0.1) is 5.41 Å². The second-order valence-corrected chi connectivity index (χ2v) is 6.70. The van der Waals surface area contributed by atoms with E-state index in [1.807, 2.05) is 24.3 Å². The van der Waals surface area contributed by atoms with Crippen LogP contribution in [0.4, 0.5) is 4.79 Å². The van der Waals surface area contributed by atoms with Crippen molar-refractivity contribution in [3.05, 3.63) is 29.8 Å². The second kappa shape index (κ2) is 9.30. The lowest BCUT2D eigenvalue weighted by Crippen LogP contribution is -2.44. The van der Waals surface area contributed by atoms with Gasteiger partial charge in [0, 0.05) is 13.1 Å². The Labute approximate surface area is 149 Å². The number of hydrogen-bond acceptors (Lipinski definition) is 4. The highest BCUT2D eigenvalue weighted by Gasteiger charge is 2.35. The first kappa shape index (κ1) is 19.1. The Bertz CT molecular complexity index is 565. The lowest BCUT2D eigenvalue weighted by Gasteiger charge is -2.36. The minimum absolute atomic E-state index is 0.178. The van der Waals surface area contributed by atoms with Gasteiger partial charge < -0.3 is 20.1 Å². The van der Waals surface area contributed by atoms with Crippen LogP contribution < -0.4 is 15.4 Å². The van der Waals surface area contributed by atoms with Gasteiger partial charge in [-0.2, -0.15) is 0 Å². The highest BCUT2D eigenvalue weighted by Crippen LogP contribution is 2.39. The SMILES string of the molecule is COC(=O)CC1(CNC(=O)NCc2ccc(OC)cc2)CCCCC1. The standard InChI is InChI=1S/C19H28N2O4/c1-24-16-8-6-15(7-9-16)13-20-18(23)21-14-19(12-17(22)25-2)10-4-3-5-11-19/h6-9H,3-5,10-14H2,1-2H3,(H2,20,21,23). The minimum atomic E-state index is -0.217. The first-order chi connectivity index (χ1) is 12.1. The summed E-state index contributed by atoms with van der Waals surface area (Å²) >= 11 is 0. The van der Waals surface area contributed by atoms with Gasteiger partial charge in [-0.1, -0.05) is 31.4 Å². The third-order valence-electron chi connectivity index (χ3n) is 4.90. The Balaban J connectivity index is 1.82. The zero-order chi connectivity index (χ0) is 18.1. The number of nitrogens with one attached hydrogen (secondary N) is 2. The fraction of sp³-hybridized carbons (Fsp3) is 0.579. The predicted octanol–water partition coefficient (Wildman–Crippen LogP) is 3.01. The number of amides is 2. The van der Waals surface area contributed by atoms with Crippen LogP contribution in [0.1, 0.15) is 44.1 Å². The molecule has 6 nitrogen and oxygen atoms in total. The van der Waals surface area contributed by atoms with Crippen LogP contribution in [0.2, 0.25) is 0 Å². The lowest BCUT2D eigenvalue weighted by atomic mass is 9.71. The van der Waals surface area contributed by atoms with E-state index in [4.69, 9.17) is 9.47 Å². The number of methoxy groups -OCH3 is 2. The molecule has 1 aromatic rings. The Kier molecular flexibility index (Phi) is 7.10. The first-order valence-electron chi connectivity index (χ1n) is 8.78. The molecule has 2 rings (SSSR count). The molecule has 0 heterocycles. The number of urea groups is 1. The van der Waals surface area contributed by atoms with Gasteiger partial charge in [0.1, 0.15) is 5.75 Å². The molecule has 1 fully saturated rings. The molecular weight excluding hydrogens is 320 g/mol. The van der Waals surface area contributed by atoms with E-state index in [1.54, 1.807) is 7.11 Å². The van der Waals surface area contributed by atoms with Crippen molar-refractivity contribution in [2.24, 2.45) is 5.41 Å². The van der Waals surface area contributed by atoms with Crippen molar-refractivity contribution in [3.8, 4) is 5.75 Å². The van der Waals surface area contributed by atoms with Gasteiger partial charge in [0.15, 0.2) is 0 Å². The van der Waals surface area contributed by atoms with E-state index in [0.29, 0.717) is 19.5 Å². The van der Waals surface area contributed by atoms with E-state index in [1.165, 1.54) is 13.5 Å². The number of esters is 1. The maximum Gasteiger partial charge on any atom is 0.315 e. The van der Waals surface area contributed by atoms with Crippen LogP contribution in [0.3, 0.4) is 0 Å². The lowest BCUT2D eigenvalue weighted by molar-refractivity contribution is -0.144. The van der Waals surface area contributed by atoms with E-state index in [0.717, 1.165) is 37.0 Å². The molecule has 0 unspecified atom stereocenters. The van der Waals surface area contributed by atoms with Crippen molar-refractivity contribution < 1.29 is 19.1 Å². The zero-order valence-corrected chi connectivity index (χ0v) is 15.1. The van der Waals surface area contributed by atoms with E-state index in [9.17, 15) is 9.59 Å². The maximum atomic E-state index is 12.1. The van der Waals surface area contributed by atoms with Crippen molar-refractivity contribution in [2.45, 2.75) is 45.1 Å². The Hall–Kier alpha value is -2.24. The summed E-state index contributed by atoms with van der Waals surface area (Å²) in [5.74, 6) is 0.581. The molecule has 6 heteroatoms. The molecule has 1 aliphatic rings. The van der Waals surface area contributed by atoms with E-state index in [-0.39, 0.29) is 17.4 Å². The van der Waals surface area contributed by atoms with Crippen molar-refractivity contribution >= 4 is 12.0 Å². The van der Waals surface area contributed by atoms with Crippen LogP contribution in [-0.4, -0.2) is 32.8 Å². The summed E-state index contributed by atoms with van der Waals surface area (Å²) in [6.07, 6.45) is 5.62. The molecule has 2 N–H and O–H groups in total. The van der Waals surface area contributed by atoms with Crippen LogP contribution >= 0.6 is 0 Å². The van der Waals surface area contributed by atoms with E-state index >= 15 is 0 Å². The van der Waals surface area contributed by atoms with Crippen molar-refractivity contribution in [1.29, 1.82) is 0 Å². The summed E-state index contributed by atoms with van der Waals surface area (Å²) in [7, 11) is 3.03. The van der Waals surface area contributed by atoms with Gasteiger partial charge in [-0.15, -0.1) is 0 Å². The quantitative estimate of drug-likeness (QED) is 0.743. The monoisotopic (exact) mass is 348 g/mol. The Morgan fingerprint density at radius 3 is 2.32 bits per heavy atom. The van der Waals surface area contributed by atoms with E-state index in [2.05, 4.69) is 10.6 Å². The number of carbonyl (C=O) groups excluding carboxylic acids is 2. The summed E-state index contributed by atoms with van der Waals surface area (Å²) in [6, 6.07) is 7.34. The molecule has 0 aliphatic heterocycles. The maximum absolute atomic E-state index is 12.1. The number of benzene rings is 1. The van der Waals surface area contributed by atoms with Gasteiger partial charge in [0.25, 0.3) is 0 Å². The molecule has 1 aliphatic carbocycles. The van der Waals surface area contributed by atoms with Crippen LogP contribution in [0.25, 0.3) is 0 Å². The Morgan fingerprint density at radius 1 is 1.04 bits per heavy atom. The largest absolute Gasteiger partial charge is 0.497 e. The molecule has 0 spiro atoms. The van der Waals surface area contributed by atoms with Gasteiger partial charge in [-0.05, 0) is 36.0 Å². The molecule has 0 bridgehead atoms. The predicted molar refractivity (Wildman–Crippen MR) is 95.4 cm³/mol. The van der Waals surface area contributed by atoms with Crippen molar-refractivity contribution in [1.82, 2.24) is 10.6 Å². The highest BCUT2D eigenvalue weighted by atomic mass is 16.5. The van der Waals surface area contributed by atoms with Crippen molar-refractivity contribution in [3.63, 3.8) is 0 Å². The van der Waals surface area contributed by atoms with Gasteiger partial charge in [-0.3, -0.25) is 4.79 Å². The van der Waals surface area contributed by atoms with Crippen LogP contribution in [0.5, 0.6) is 5.75 Å². The first-order valence-corrected chi connectivity index (χ1v) is 8.78. The fourth-order valence-electron chi connectivity index (χ4n) is 3.35. The molecule has 1 aromatic carbocycles. The smallest absolute Gasteiger partial charge is 0.315 e. The van der Waals surface area contributed by atoms with Gasteiger partial charge in [0.05, 0.1) is 20.6 Å². The molecular formula is C19H28N2O4. The van der Waals surface area contributed by atoms with Crippen LogP contribution in [-0.2, 0) is 16.1 Å². The summed E-state index contributed by atoms with van der Waals surface area (Å²) in [5.41, 5.74) is 0.820. The normalized spacial score (nSPS) is 15.9. The summed E-state index contributed by atoms with van der Waals surface area (Å²) < 4.78 is 9.95. The fourth-order valence-corrected chi connectivity index (χ4v) is 3.35. The topological polar surface area (TPSA) is 76.7 Å². The number of rotatable bonds is 7. The molecule has 2 amide bonds. The third-order valence-corrected chi connectivity index (χ3v) is 4.90. The molecule has 25 heavy (non-hydrogen) atoms. The molecule has 138 valence electrons. The second-order valence-electron chi connectivity index (χ2n) is 6.70. The average molecular weight is 348 g/mol. The summed E-state index contributed by atoms with van der Waals surface area (Å²) in [6.45, 7) is 0.941. The number of hydrogen-bond donors (Lipinski definition) is 2. The average Bonchev–Trinajstić information content (AvgIpc) is 2.66. The van der Waals surface area contributed by atoms with Crippen LogP contribution in [0.15, 0.2) is 24.3 Å². The van der Waals surface area contributed by atoms with Gasteiger partial charge >= 0.3 is 12.0 Å². The number of carbonyl (C=O) groups is 2. The van der Waals surface area contributed by atoms with E-state index < -0.39 is 0 Å². The third kappa shape index (κ3) is 5.96. The summed E-state index contributed by atoms with van der Waals surface area (Å²) in [5, 5.41) is 5.79. The molecule has 1 saturated carbocycles. The molecule has 0 saturated heterocycles. The van der Waals surface area contributed by atoms with Gasteiger partial charge in [-0.25, -0.2) is 4.79 Å². The molecule has 0 radical (unpaired) electrons. The summed E-state index contributed by atoms with van der Waals surface area (Å²) in [4.78, 5) is 23.8. The molecule has 0 aromatic heterocycles. The minimum Gasteiger partial charge on any atom is -0.497 e. The highest BCUT2D eigenvalue weighted by molar-refractivity contribution is 5.74. The van der Waals surface area contributed by atoms with Crippen molar-refractivity contribution in [2.75, 3.05) is 20.8 Å². The number of ether oxygens (including phenoxy) is 2. The Morgan fingerprint density at radius 2 is 1.72 bits per heavy atom. The zero-order valence-electron chi connectivity index (χ0n) is 15.1. The van der Waals surface area contributed by atoms with Gasteiger partial charge in [0.2, 0.25) is 0 Å².